The van der Waals surface area contributed by atoms with E-state index < -0.39 is 16.8 Å². The lowest BCUT2D eigenvalue weighted by molar-refractivity contribution is -0.139. The van der Waals surface area contributed by atoms with E-state index in [1.54, 1.807) is 13.0 Å². The zero-order chi connectivity index (χ0) is 12.1. The molecule has 1 atom stereocenters. The molecule has 3 nitrogen and oxygen atoms in total. The highest BCUT2D eigenvalue weighted by atomic mass is 32.2. The lowest BCUT2D eigenvalue weighted by atomic mass is 10.1. The lowest BCUT2D eigenvalue weighted by Gasteiger charge is -2.05. The summed E-state index contributed by atoms with van der Waals surface area (Å²) in [7, 11) is -1.31. The van der Waals surface area contributed by atoms with Crippen LogP contribution in [-0.2, 0) is 20.3 Å². The Morgan fingerprint density at radius 2 is 2.00 bits per heavy atom. The molecule has 0 N–H and O–H groups in total. The highest BCUT2D eigenvalue weighted by molar-refractivity contribution is 7.85. The van der Waals surface area contributed by atoms with Gasteiger partial charge in [0, 0.05) is 4.90 Å². The summed E-state index contributed by atoms with van der Waals surface area (Å²) in [5, 5.41) is 0. The largest absolute Gasteiger partial charge is 0.465 e. The van der Waals surface area contributed by atoms with Crippen molar-refractivity contribution in [2.45, 2.75) is 25.7 Å². The third-order valence-corrected chi connectivity index (χ3v) is 3.57. The molecule has 0 aromatic heterocycles. The smallest absolute Gasteiger partial charge is 0.318 e. The predicted octanol–water partition coefficient (Wildman–Crippen LogP) is 1.97. The highest BCUT2D eigenvalue weighted by Gasteiger charge is 2.11. The maximum absolute atomic E-state index is 11.8. The SMILES string of the molecule is CCOC(=O)CS(=O)c1ccc(C)c(C)c1. The average Bonchev–Trinajstić information content (AvgIpc) is 2.22. The van der Waals surface area contributed by atoms with E-state index in [1.165, 1.54) is 0 Å². The minimum atomic E-state index is -1.31. The van der Waals surface area contributed by atoms with Gasteiger partial charge in [0.1, 0.15) is 5.75 Å². The van der Waals surface area contributed by atoms with Crippen LogP contribution >= 0.6 is 0 Å². The van der Waals surface area contributed by atoms with Crippen LogP contribution in [0.4, 0.5) is 0 Å². The van der Waals surface area contributed by atoms with E-state index in [0.29, 0.717) is 11.5 Å². The Morgan fingerprint density at radius 1 is 1.31 bits per heavy atom. The number of ether oxygens (including phenoxy) is 1. The molecule has 0 aliphatic heterocycles. The minimum absolute atomic E-state index is 0.0731. The van der Waals surface area contributed by atoms with Gasteiger partial charge in [-0.25, -0.2) is 0 Å². The van der Waals surface area contributed by atoms with E-state index in [2.05, 4.69) is 0 Å². The average molecular weight is 240 g/mol. The van der Waals surface area contributed by atoms with Crippen molar-refractivity contribution in [3.8, 4) is 0 Å². The van der Waals surface area contributed by atoms with Gasteiger partial charge in [-0.05, 0) is 44.0 Å². The molecule has 0 heterocycles. The minimum Gasteiger partial charge on any atom is -0.465 e. The molecule has 0 fully saturated rings. The van der Waals surface area contributed by atoms with Gasteiger partial charge in [0.25, 0.3) is 0 Å². The first-order valence-corrected chi connectivity index (χ1v) is 6.47. The summed E-state index contributed by atoms with van der Waals surface area (Å²) in [6, 6.07) is 5.55. The highest BCUT2D eigenvalue weighted by Crippen LogP contribution is 2.13. The Bertz CT molecular complexity index is 413. The topological polar surface area (TPSA) is 43.4 Å². The van der Waals surface area contributed by atoms with Gasteiger partial charge >= 0.3 is 5.97 Å². The van der Waals surface area contributed by atoms with E-state index in [9.17, 15) is 9.00 Å². The number of carbonyl (C=O) groups excluding carboxylic acids is 1. The van der Waals surface area contributed by atoms with Crippen LogP contribution in [0.2, 0.25) is 0 Å². The maximum atomic E-state index is 11.8. The van der Waals surface area contributed by atoms with Crippen molar-refractivity contribution in [1.82, 2.24) is 0 Å². The molecule has 0 aliphatic carbocycles. The number of rotatable bonds is 4. The standard InChI is InChI=1S/C12H16O3S/c1-4-15-12(13)8-16(14)11-6-5-9(2)10(3)7-11/h5-7H,4,8H2,1-3H3. The van der Waals surface area contributed by atoms with Crippen LogP contribution in [0.25, 0.3) is 0 Å². The van der Waals surface area contributed by atoms with Crippen LogP contribution in [0.5, 0.6) is 0 Å². The summed E-state index contributed by atoms with van der Waals surface area (Å²) in [6.07, 6.45) is 0. The fourth-order valence-electron chi connectivity index (χ4n) is 1.25. The number of aryl methyl sites for hydroxylation is 2. The first kappa shape index (κ1) is 12.9. The third-order valence-electron chi connectivity index (χ3n) is 2.30. The zero-order valence-corrected chi connectivity index (χ0v) is 10.6. The van der Waals surface area contributed by atoms with Crippen LogP contribution in [0.15, 0.2) is 23.1 Å². The summed E-state index contributed by atoms with van der Waals surface area (Å²) in [4.78, 5) is 11.8. The normalized spacial score (nSPS) is 12.2. The molecule has 16 heavy (non-hydrogen) atoms. The first-order chi connectivity index (χ1) is 7.54. The fourth-order valence-corrected chi connectivity index (χ4v) is 2.24. The van der Waals surface area contributed by atoms with E-state index >= 15 is 0 Å². The molecule has 0 amide bonds. The van der Waals surface area contributed by atoms with Gasteiger partial charge in [-0.2, -0.15) is 0 Å². The van der Waals surface area contributed by atoms with Gasteiger partial charge in [0.2, 0.25) is 0 Å². The third kappa shape index (κ3) is 3.45. The van der Waals surface area contributed by atoms with E-state index in [1.807, 2.05) is 26.0 Å². The second-order valence-electron chi connectivity index (χ2n) is 3.54. The molecular weight excluding hydrogens is 224 g/mol. The molecular formula is C12H16O3S. The Morgan fingerprint density at radius 3 is 2.56 bits per heavy atom. The summed E-state index contributed by atoms with van der Waals surface area (Å²) in [6.45, 7) is 6.01. The molecule has 1 aromatic rings. The Hall–Kier alpha value is -1.16. The first-order valence-electron chi connectivity index (χ1n) is 5.16. The van der Waals surface area contributed by atoms with Crippen molar-refractivity contribution in [2.75, 3.05) is 12.4 Å². The number of hydrogen-bond acceptors (Lipinski definition) is 3. The Labute approximate surface area is 98.3 Å². The Kier molecular flexibility index (Phi) is 4.68. The number of hydrogen-bond donors (Lipinski definition) is 0. The molecule has 0 radical (unpaired) electrons. The van der Waals surface area contributed by atoms with Crippen LogP contribution in [-0.4, -0.2) is 22.5 Å². The summed E-state index contributed by atoms with van der Waals surface area (Å²) in [5.74, 6) is -0.491. The van der Waals surface area contributed by atoms with E-state index in [0.717, 1.165) is 11.1 Å². The second-order valence-corrected chi connectivity index (χ2v) is 4.99. The quantitative estimate of drug-likeness (QED) is 0.756. The van der Waals surface area contributed by atoms with Gasteiger partial charge in [0.15, 0.2) is 0 Å². The predicted molar refractivity (Wildman–Crippen MR) is 63.8 cm³/mol. The lowest BCUT2D eigenvalue weighted by Crippen LogP contribution is -2.14. The van der Waals surface area contributed by atoms with Crippen molar-refractivity contribution < 1.29 is 13.7 Å². The summed E-state index contributed by atoms with van der Waals surface area (Å²) in [5.41, 5.74) is 2.23. The molecule has 1 rings (SSSR count). The van der Waals surface area contributed by atoms with Gasteiger partial charge in [0.05, 0.1) is 17.4 Å². The monoisotopic (exact) mass is 240 g/mol. The molecule has 0 spiro atoms. The number of esters is 1. The van der Waals surface area contributed by atoms with Crippen LogP contribution in [0.3, 0.4) is 0 Å². The molecule has 0 saturated carbocycles. The molecule has 0 bridgehead atoms. The molecule has 1 aromatic carbocycles. The molecule has 1 unspecified atom stereocenters. The van der Waals surface area contributed by atoms with Crippen LogP contribution in [0, 0.1) is 13.8 Å². The van der Waals surface area contributed by atoms with Gasteiger partial charge in [-0.15, -0.1) is 0 Å². The summed E-state index contributed by atoms with van der Waals surface area (Å²) >= 11 is 0. The second kappa shape index (κ2) is 5.80. The van der Waals surface area contributed by atoms with Crippen molar-refractivity contribution in [2.24, 2.45) is 0 Å². The fraction of sp³-hybridized carbons (Fsp3) is 0.417. The number of benzene rings is 1. The van der Waals surface area contributed by atoms with Crippen molar-refractivity contribution in [3.63, 3.8) is 0 Å². The van der Waals surface area contributed by atoms with Crippen molar-refractivity contribution >= 4 is 16.8 Å². The van der Waals surface area contributed by atoms with Gasteiger partial charge < -0.3 is 4.74 Å². The van der Waals surface area contributed by atoms with Crippen molar-refractivity contribution in [3.05, 3.63) is 29.3 Å². The maximum Gasteiger partial charge on any atom is 0.318 e. The molecule has 4 heteroatoms. The molecule has 0 saturated heterocycles. The van der Waals surface area contributed by atoms with Crippen molar-refractivity contribution in [1.29, 1.82) is 0 Å². The van der Waals surface area contributed by atoms with Gasteiger partial charge in [-0.1, -0.05) is 6.07 Å². The summed E-state index contributed by atoms with van der Waals surface area (Å²) < 4.78 is 16.6. The van der Waals surface area contributed by atoms with Crippen LogP contribution < -0.4 is 0 Å². The molecule has 0 aliphatic rings. The number of carbonyl (C=O) groups is 1. The van der Waals surface area contributed by atoms with Gasteiger partial charge in [-0.3, -0.25) is 9.00 Å². The van der Waals surface area contributed by atoms with E-state index in [-0.39, 0.29) is 5.75 Å². The Balaban J connectivity index is 2.73. The zero-order valence-electron chi connectivity index (χ0n) is 9.78. The molecule has 88 valence electrons. The van der Waals surface area contributed by atoms with Crippen LogP contribution in [0.1, 0.15) is 18.1 Å². The van der Waals surface area contributed by atoms with E-state index in [4.69, 9.17) is 4.74 Å².